The van der Waals surface area contributed by atoms with Crippen molar-refractivity contribution in [1.29, 1.82) is 0 Å². The minimum atomic E-state index is -0.150. The number of H-pyrrole nitrogens is 1. The van der Waals surface area contributed by atoms with Gasteiger partial charge in [0.15, 0.2) is 0 Å². The number of nitrogens with zero attached hydrogens (tertiary/aromatic N) is 3. The molecule has 3 aromatic heterocycles. The van der Waals surface area contributed by atoms with Gasteiger partial charge in [-0.2, -0.15) is 0 Å². The fourth-order valence-corrected chi connectivity index (χ4v) is 2.86. The Labute approximate surface area is 138 Å². The fraction of sp³-hybridized carbons (Fsp3) is 0.0625. The van der Waals surface area contributed by atoms with Crippen LogP contribution in [0.4, 0.5) is 0 Å². The number of hydrogen-bond donors (Lipinski definition) is 1. The lowest BCUT2D eigenvalue weighted by atomic mass is 10.2. The number of aromatic amines is 1. The summed E-state index contributed by atoms with van der Waals surface area (Å²) in [4.78, 5) is 21.2. The monoisotopic (exact) mass is 370 g/mol. The predicted octanol–water partition coefficient (Wildman–Crippen LogP) is 3.03. The molecule has 4 rings (SSSR count). The van der Waals surface area contributed by atoms with E-state index in [9.17, 15) is 4.79 Å². The second-order valence-electron chi connectivity index (χ2n) is 5.02. The summed E-state index contributed by atoms with van der Waals surface area (Å²) in [6, 6.07) is 9.07. The van der Waals surface area contributed by atoms with Gasteiger partial charge >= 0.3 is 0 Å². The topological polar surface area (TPSA) is 72.8 Å². The lowest BCUT2D eigenvalue weighted by molar-refractivity contribution is 0.414. The first kappa shape index (κ1) is 14.0. The van der Waals surface area contributed by atoms with Gasteiger partial charge in [-0.25, -0.2) is 9.67 Å². The minimum Gasteiger partial charge on any atom is -0.497 e. The maximum absolute atomic E-state index is 12.6. The molecule has 1 N–H and O–H groups in total. The van der Waals surface area contributed by atoms with Crippen LogP contribution in [0.25, 0.3) is 27.5 Å². The molecule has 1 aromatic carbocycles. The molecule has 0 aliphatic rings. The lowest BCUT2D eigenvalue weighted by Crippen LogP contribution is -2.14. The highest BCUT2D eigenvalue weighted by Crippen LogP contribution is 2.22. The van der Waals surface area contributed by atoms with E-state index in [1.54, 1.807) is 19.5 Å². The van der Waals surface area contributed by atoms with Crippen molar-refractivity contribution in [2.45, 2.75) is 0 Å². The Bertz CT molecular complexity index is 1080. The van der Waals surface area contributed by atoms with E-state index in [-0.39, 0.29) is 5.56 Å². The van der Waals surface area contributed by atoms with Crippen molar-refractivity contribution in [2.75, 3.05) is 7.11 Å². The van der Waals surface area contributed by atoms with Crippen LogP contribution < -0.4 is 10.3 Å². The van der Waals surface area contributed by atoms with Crippen molar-refractivity contribution in [2.24, 2.45) is 0 Å². The predicted molar refractivity (Wildman–Crippen MR) is 91.2 cm³/mol. The summed E-state index contributed by atoms with van der Waals surface area (Å²) in [6.07, 6.45) is 3.28. The molecule has 0 fully saturated rings. The van der Waals surface area contributed by atoms with Crippen molar-refractivity contribution in [3.8, 4) is 11.4 Å². The minimum absolute atomic E-state index is 0.150. The standard InChI is InChI=1S/C16H11BrN4O2/c1-23-10-4-2-9(3-5-10)21-16(22)12-8-18-13-6-14(17)19-7-11(13)15(12)20-21/h2-8,20H,1H3. The zero-order valence-corrected chi connectivity index (χ0v) is 13.7. The van der Waals surface area contributed by atoms with Gasteiger partial charge in [0.2, 0.25) is 0 Å². The molecule has 0 aliphatic carbocycles. The second-order valence-corrected chi connectivity index (χ2v) is 5.83. The van der Waals surface area contributed by atoms with Crippen LogP contribution in [0.15, 0.2) is 52.1 Å². The Morgan fingerprint density at radius 1 is 1.13 bits per heavy atom. The number of fused-ring (bicyclic) bond motifs is 3. The van der Waals surface area contributed by atoms with E-state index < -0.39 is 0 Å². The van der Waals surface area contributed by atoms with E-state index in [1.807, 2.05) is 30.3 Å². The van der Waals surface area contributed by atoms with Gasteiger partial charge in [-0.05, 0) is 46.3 Å². The maximum Gasteiger partial charge on any atom is 0.280 e. The first-order valence-corrected chi connectivity index (χ1v) is 7.66. The number of rotatable bonds is 2. The SMILES string of the molecule is COc1ccc(-n2[nH]c3c(cnc4cc(Br)ncc43)c2=O)cc1. The van der Waals surface area contributed by atoms with Crippen molar-refractivity contribution < 1.29 is 4.74 Å². The van der Waals surface area contributed by atoms with Crippen LogP contribution in [0.5, 0.6) is 5.75 Å². The van der Waals surface area contributed by atoms with Gasteiger partial charge in [-0.3, -0.25) is 14.9 Å². The molecular formula is C16H11BrN4O2. The average molecular weight is 371 g/mol. The summed E-state index contributed by atoms with van der Waals surface area (Å²) in [5.41, 5.74) is 2.06. The highest BCUT2D eigenvalue weighted by Gasteiger charge is 2.12. The molecule has 0 saturated carbocycles. The Kier molecular flexibility index (Phi) is 3.16. The second kappa shape index (κ2) is 5.20. The van der Waals surface area contributed by atoms with Gasteiger partial charge in [-0.1, -0.05) is 0 Å². The van der Waals surface area contributed by atoms with E-state index in [4.69, 9.17) is 4.74 Å². The number of pyridine rings is 2. The summed E-state index contributed by atoms with van der Waals surface area (Å²) in [5.74, 6) is 0.735. The van der Waals surface area contributed by atoms with E-state index >= 15 is 0 Å². The van der Waals surface area contributed by atoms with Crippen molar-refractivity contribution in [1.82, 2.24) is 19.7 Å². The number of hydrogen-bond acceptors (Lipinski definition) is 4. The van der Waals surface area contributed by atoms with Crippen molar-refractivity contribution >= 4 is 37.7 Å². The molecule has 3 heterocycles. The van der Waals surface area contributed by atoms with Crippen LogP contribution in [0, 0.1) is 0 Å². The molecule has 0 saturated heterocycles. The first-order chi connectivity index (χ1) is 11.2. The number of methoxy groups -OCH3 is 1. The highest BCUT2D eigenvalue weighted by atomic mass is 79.9. The van der Waals surface area contributed by atoms with Crippen LogP contribution >= 0.6 is 15.9 Å². The summed E-state index contributed by atoms with van der Waals surface area (Å²) < 4.78 is 7.34. The van der Waals surface area contributed by atoms with Gasteiger partial charge in [0.1, 0.15) is 10.4 Å². The van der Waals surface area contributed by atoms with Gasteiger partial charge in [-0.15, -0.1) is 0 Å². The number of benzene rings is 1. The summed E-state index contributed by atoms with van der Waals surface area (Å²) in [5, 5.41) is 4.47. The molecule has 0 atom stereocenters. The molecule has 4 aromatic rings. The van der Waals surface area contributed by atoms with E-state index in [0.717, 1.165) is 27.9 Å². The zero-order valence-electron chi connectivity index (χ0n) is 12.1. The third-order valence-corrected chi connectivity index (χ3v) is 4.14. The third-order valence-electron chi connectivity index (χ3n) is 3.71. The smallest absolute Gasteiger partial charge is 0.280 e. The summed E-state index contributed by atoms with van der Waals surface area (Å²) >= 11 is 3.33. The van der Waals surface area contributed by atoms with Crippen molar-refractivity contribution in [3.63, 3.8) is 0 Å². The molecule has 7 heteroatoms. The van der Waals surface area contributed by atoms with E-state index in [0.29, 0.717) is 9.99 Å². The number of nitrogens with one attached hydrogen (secondary N) is 1. The summed E-state index contributed by atoms with van der Waals surface area (Å²) in [7, 11) is 1.60. The van der Waals surface area contributed by atoms with Crippen LogP contribution in [0.2, 0.25) is 0 Å². The van der Waals surface area contributed by atoms with Crippen LogP contribution in [-0.2, 0) is 0 Å². The van der Waals surface area contributed by atoms with Crippen LogP contribution in [0.1, 0.15) is 0 Å². The molecule has 0 amide bonds. The molecule has 0 bridgehead atoms. The number of aromatic nitrogens is 4. The molecule has 0 radical (unpaired) electrons. The summed E-state index contributed by atoms with van der Waals surface area (Å²) in [6.45, 7) is 0. The number of ether oxygens (including phenoxy) is 1. The van der Waals surface area contributed by atoms with Gasteiger partial charge in [0, 0.05) is 17.8 Å². The Morgan fingerprint density at radius 3 is 2.61 bits per heavy atom. The normalized spacial score (nSPS) is 11.2. The molecule has 23 heavy (non-hydrogen) atoms. The molecule has 6 nitrogen and oxygen atoms in total. The molecule has 0 unspecified atom stereocenters. The largest absolute Gasteiger partial charge is 0.497 e. The van der Waals surface area contributed by atoms with Crippen LogP contribution in [0.3, 0.4) is 0 Å². The molecular weight excluding hydrogens is 360 g/mol. The van der Waals surface area contributed by atoms with E-state index in [1.165, 1.54) is 4.68 Å². The van der Waals surface area contributed by atoms with Crippen molar-refractivity contribution in [3.05, 3.63) is 57.7 Å². The zero-order chi connectivity index (χ0) is 16.0. The third kappa shape index (κ3) is 2.20. The lowest BCUT2D eigenvalue weighted by Gasteiger charge is -2.03. The Morgan fingerprint density at radius 2 is 1.87 bits per heavy atom. The van der Waals surface area contributed by atoms with Crippen LogP contribution in [-0.4, -0.2) is 26.9 Å². The fourth-order valence-electron chi connectivity index (χ4n) is 2.54. The first-order valence-electron chi connectivity index (χ1n) is 6.87. The molecule has 0 spiro atoms. The van der Waals surface area contributed by atoms with E-state index in [2.05, 4.69) is 31.0 Å². The van der Waals surface area contributed by atoms with Gasteiger partial charge in [0.25, 0.3) is 5.56 Å². The highest BCUT2D eigenvalue weighted by molar-refractivity contribution is 9.10. The Hall–Kier alpha value is -2.67. The van der Waals surface area contributed by atoms with Gasteiger partial charge < -0.3 is 4.74 Å². The maximum atomic E-state index is 12.6. The number of halogens is 1. The quantitative estimate of drug-likeness (QED) is 0.550. The average Bonchev–Trinajstić information content (AvgIpc) is 2.92. The molecule has 0 aliphatic heterocycles. The molecule has 114 valence electrons. The van der Waals surface area contributed by atoms with Gasteiger partial charge in [0.05, 0.1) is 29.2 Å². The Balaban J connectivity index is 1.99.